The molecule has 0 radical (unpaired) electrons. The molecular weight excluding hydrogens is 604 g/mol. The van der Waals surface area contributed by atoms with Gasteiger partial charge in [-0.3, -0.25) is 0 Å². The van der Waals surface area contributed by atoms with Gasteiger partial charge in [0.15, 0.2) is 5.60 Å². The highest BCUT2D eigenvalue weighted by Crippen LogP contribution is 2.72. The lowest BCUT2D eigenvalue weighted by molar-refractivity contribution is -0.446. The predicted octanol–water partition coefficient (Wildman–Crippen LogP) is 3.63. The number of carbonyl (C=O) groups excluding carboxylic acids is 1. The number of rotatable bonds is 11. The minimum Gasteiger partial charge on any atom is -0.459 e. The van der Waals surface area contributed by atoms with Gasteiger partial charge in [0.25, 0.3) is 0 Å². The maximum Gasteiger partial charge on any atom is 0.330 e. The average molecular weight is 657 g/mol. The number of esters is 1. The molecule has 3 saturated carbocycles. The van der Waals surface area contributed by atoms with Crippen molar-refractivity contribution in [3.8, 4) is 0 Å². The molecule has 13 atom stereocenters. The van der Waals surface area contributed by atoms with Gasteiger partial charge in [-0.1, -0.05) is 89.4 Å². The summed E-state index contributed by atoms with van der Waals surface area (Å²) in [4.78, 5) is 12.8. The number of hydrogen-bond donors (Lipinski definition) is 5. The number of carbonyl (C=O) groups is 1. The summed E-state index contributed by atoms with van der Waals surface area (Å²) in [7, 11) is 0. The van der Waals surface area contributed by atoms with Gasteiger partial charge in [0.05, 0.1) is 17.8 Å². The van der Waals surface area contributed by atoms with Crippen molar-refractivity contribution in [1.82, 2.24) is 0 Å². The van der Waals surface area contributed by atoms with E-state index in [1.807, 2.05) is 44.2 Å². The largest absolute Gasteiger partial charge is 0.459 e. The van der Waals surface area contributed by atoms with E-state index < -0.39 is 89.0 Å². The lowest BCUT2D eigenvalue weighted by atomic mass is 9.53. The van der Waals surface area contributed by atoms with Crippen LogP contribution in [0.25, 0.3) is 0 Å². The fourth-order valence-electron chi connectivity index (χ4n) is 9.69. The number of aliphatic hydroxyl groups is 5. The van der Waals surface area contributed by atoms with Gasteiger partial charge >= 0.3 is 11.9 Å². The van der Waals surface area contributed by atoms with Crippen LogP contribution in [0.1, 0.15) is 84.6 Å². The molecule has 5 fully saturated rings. The zero-order valence-electron chi connectivity index (χ0n) is 28.0. The Bertz CT molecular complexity index is 1370. The first-order valence-electron chi connectivity index (χ1n) is 17.4. The molecule has 0 aromatic heterocycles. The Hall–Kier alpha value is -2.15. The van der Waals surface area contributed by atoms with Gasteiger partial charge in [-0.05, 0) is 50.0 Å². The normalized spacial score (nSPS) is 46.7. The predicted molar refractivity (Wildman–Crippen MR) is 171 cm³/mol. The van der Waals surface area contributed by atoms with Gasteiger partial charge in [0, 0.05) is 23.5 Å². The van der Waals surface area contributed by atoms with Crippen LogP contribution in [0.15, 0.2) is 54.6 Å². The van der Waals surface area contributed by atoms with Gasteiger partial charge in [-0.15, -0.1) is 0 Å². The van der Waals surface area contributed by atoms with Gasteiger partial charge in [-0.25, -0.2) is 4.79 Å². The number of unbranched alkanes of at least 4 members (excludes halogenated alkanes) is 5. The fraction of sp³-hybridized carbons (Fsp3) is 0.703. The van der Waals surface area contributed by atoms with Crippen molar-refractivity contribution in [1.29, 1.82) is 0 Å². The van der Waals surface area contributed by atoms with E-state index in [2.05, 4.69) is 13.5 Å². The molecule has 0 amide bonds. The molecule has 2 saturated heterocycles. The Morgan fingerprint density at radius 3 is 2.43 bits per heavy atom. The highest BCUT2D eigenvalue weighted by molar-refractivity contribution is 5.81. The molecule has 1 aromatic carbocycles. The third-order valence-corrected chi connectivity index (χ3v) is 12.1. The molecule has 3 bridgehead atoms. The second-order valence-electron chi connectivity index (χ2n) is 15.0. The van der Waals surface area contributed by atoms with E-state index in [4.69, 9.17) is 18.9 Å². The Kier molecular flexibility index (Phi) is 9.09. The smallest absolute Gasteiger partial charge is 0.330 e. The minimum absolute atomic E-state index is 0.219. The summed E-state index contributed by atoms with van der Waals surface area (Å²) in [6, 6.07) is 9.13. The lowest BCUT2D eigenvalue weighted by Crippen LogP contribution is -2.73. The minimum atomic E-state index is -2.62. The first kappa shape index (κ1) is 34.7. The third-order valence-electron chi connectivity index (χ3n) is 12.1. The van der Waals surface area contributed by atoms with Crippen LogP contribution in [0.3, 0.4) is 0 Å². The van der Waals surface area contributed by atoms with Crippen LogP contribution < -0.4 is 0 Å². The van der Waals surface area contributed by atoms with Crippen molar-refractivity contribution >= 4 is 5.97 Å². The number of hydrogen-bond acceptors (Lipinski definition) is 10. The topological polar surface area (TPSA) is 155 Å². The molecule has 5 N–H and O–H groups in total. The van der Waals surface area contributed by atoms with Gasteiger partial charge in [-0.2, -0.15) is 0 Å². The van der Waals surface area contributed by atoms with E-state index >= 15 is 0 Å². The quantitative estimate of drug-likeness (QED) is 0.103. The summed E-state index contributed by atoms with van der Waals surface area (Å²) < 4.78 is 26.0. The molecule has 6 rings (SSSR count). The van der Waals surface area contributed by atoms with Crippen molar-refractivity contribution < 1.29 is 49.3 Å². The zero-order valence-corrected chi connectivity index (χ0v) is 28.0. The van der Waals surface area contributed by atoms with E-state index in [0.29, 0.717) is 24.0 Å². The molecule has 47 heavy (non-hydrogen) atoms. The molecular formula is C37H52O10. The summed E-state index contributed by atoms with van der Waals surface area (Å²) in [6.45, 7) is 11.1. The third kappa shape index (κ3) is 4.93. The summed E-state index contributed by atoms with van der Waals surface area (Å²) in [5.41, 5.74) is -6.38. The molecule has 5 aliphatic rings. The molecule has 3 aliphatic carbocycles. The van der Waals surface area contributed by atoms with Crippen LogP contribution in [0.5, 0.6) is 0 Å². The van der Waals surface area contributed by atoms with Crippen molar-refractivity contribution in [3.63, 3.8) is 0 Å². The standard InChI is InChI=1S/C37H52O10/c1-6-7-8-9-10-11-15-18-27(38)44-21-33(42)30(40)28-31-34(22(2)3)20-24(5)36(28,26-19-23(4)29(39)35(26,43)32(33)41)47-37(45-31,46-34)25-16-13-12-14-17-25/h12-18,23-24,26,28-32,39-43H,2,6-11,19-21H2,1,3-5H3. The van der Waals surface area contributed by atoms with Gasteiger partial charge in [0.2, 0.25) is 0 Å². The molecule has 2 aliphatic heterocycles. The fourth-order valence-corrected chi connectivity index (χ4v) is 9.69. The Morgan fingerprint density at radius 1 is 1.04 bits per heavy atom. The number of aliphatic hydroxyl groups excluding tert-OH is 3. The summed E-state index contributed by atoms with van der Waals surface area (Å²) >= 11 is 0. The molecule has 10 nitrogen and oxygen atoms in total. The van der Waals surface area contributed by atoms with E-state index in [9.17, 15) is 30.3 Å². The monoisotopic (exact) mass is 656 g/mol. The zero-order chi connectivity index (χ0) is 34.0. The maximum absolute atomic E-state index is 12.8. The highest BCUT2D eigenvalue weighted by atomic mass is 16.9. The number of benzene rings is 1. The van der Waals surface area contributed by atoms with E-state index in [1.165, 1.54) is 12.5 Å². The summed E-state index contributed by atoms with van der Waals surface area (Å²) in [5, 5.41) is 60.9. The number of fused-ring (bicyclic) bond motifs is 2. The van der Waals surface area contributed by atoms with E-state index in [-0.39, 0.29) is 6.42 Å². The van der Waals surface area contributed by atoms with Crippen LogP contribution in [-0.2, 0) is 29.7 Å². The number of allylic oxidation sites excluding steroid dienone is 1. The maximum atomic E-state index is 12.8. The van der Waals surface area contributed by atoms with Crippen LogP contribution in [0, 0.1) is 23.7 Å². The molecule has 260 valence electrons. The van der Waals surface area contributed by atoms with Crippen LogP contribution in [-0.4, -0.2) is 84.9 Å². The van der Waals surface area contributed by atoms with Crippen molar-refractivity contribution in [2.45, 2.75) is 132 Å². The summed E-state index contributed by atoms with van der Waals surface area (Å²) in [5.74, 6) is -5.50. The molecule has 1 aromatic rings. The number of ether oxygens (including phenoxy) is 4. The highest BCUT2D eigenvalue weighted by Gasteiger charge is 2.85. The first-order chi connectivity index (χ1) is 22.2. The van der Waals surface area contributed by atoms with Crippen molar-refractivity contribution in [2.24, 2.45) is 23.7 Å². The Labute approximate surface area is 277 Å². The second kappa shape index (κ2) is 12.3. The SMILES string of the molecule is C=C(C)C12CC(C)C34OC(c5ccccc5)(OC1C3C(O)C(O)(COC(=O)C=CCCCCCCC)C(O)C1(O)C(O)C(C)CC14)O2. The lowest BCUT2D eigenvalue weighted by Gasteiger charge is -2.61. The Morgan fingerprint density at radius 2 is 1.74 bits per heavy atom. The molecule has 2 heterocycles. The van der Waals surface area contributed by atoms with Crippen LogP contribution in [0.4, 0.5) is 0 Å². The van der Waals surface area contributed by atoms with Crippen LogP contribution in [0.2, 0.25) is 0 Å². The molecule has 0 spiro atoms. The Balaban J connectivity index is 1.40. The average Bonchev–Trinajstić information content (AvgIpc) is 3.41. The first-order valence-corrected chi connectivity index (χ1v) is 17.4. The molecule has 13 unspecified atom stereocenters. The van der Waals surface area contributed by atoms with E-state index in [0.717, 1.165) is 25.7 Å². The van der Waals surface area contributed by atoms with Crippen molar-refractivity contribution in [2.75, 3.05) is 6.61 Å². The molecule has 10 heteroatoms. The summed E-state index contributed by atoms with van der Waals surface area (Å²) in [6.07, 6.45) is 3.28. The van der Waals surface area contributed by atoms with Crippen molar-refractivity contribution in [3.05, 3.63) is 60.2 Å². The second-order valence-corrected chi connectivity index (χ2v) is 15.0. The van der Waals surface area contributed by atoms with Gasteiger partial charge < -0.3 is 44.5 Å². The van der Waals surface area contributed by atoms with Crippen LogP contribution >= 0.6 is 0 Å². The van der Waals surface area contributed by atoms with E-state index in [1.54, 1.807) is 13.0 Å². The van der Waals surface area contributed by atoms with Gasteiger partial charge in [0.1, 0.15) is 30.0 Å².